The molecule has 0 aromatic rings. The average Bonchev–Trinajstić information content (AvgIpc) is 2.68. The number of amidine groups is 1. The molecule has 2 unspecified atom stereocenters. The Hall–Kier alpha value is -1.40. The van der Waals surface area contributed by atoms with Gasteiger partial charge in [-0.2, -0.15) is 0 Å². The fourth-order valence-corrected chi connectivity index (χ4v) is 4.51. The maximum absolute atomic E-state index is 13.1. The van der Waals surface area contributed by atoms with Gasteiger partial charge < -0.3 is 22.1 Å². The zero-order valence-electron chi connectivity index (χ0n) is 18.4. The van der Waals surface area contributed by atoms with Crippen molar-refractivity contribution in [1.82, 2.24) is 10.6 Å². The number of hydrogen-bond donors (Lipinski definition) is 4. The molecule has 6 N–H and O–H groups in total. The minimum Gasteiger partial charge on any atom is -0.379 e. The van der Waals surface area contributed by atoms with Crippen molar-refractivity contribution in [3.63, 3.8) is 0 Å². The van der Waals surface area contributed by atoms with Crippen LogP contribution in [0.4, 0.5) is 0 Å². The van der Waals surface area contributed by atoms with Crippen LogP contribution in [0.1, 0.15) is 90.4 Å². The van der Waals surface area contributed by atoms with Crippen LogP contribution in [0.25, 0.3) is 0 Å². The summed E-state index contributed by atoms with van der Waals surface area (Å²) in [7, 11) is 0. The fourth-order valence-electron chi connectivity index (χ4n) is 4.51. The Bertz CT molecular complexity index is 533. The zero-order chi connectivity index (χ0) is 21.1. The van der Waals surface area contributed by atoms with E-state index in [1.807, 2.05) is 6.92 Å². The van der Waals surface area contributed by atoms with E-state index in [4.69, 9.17) is 16.5 Å². The van der Waals surface area contributed by atoms with E-state index in [0.29, 0.717) is 37.9 Å². The Balaban J connectivity index is 2.03. The number of ketones is 1. The lowest BCUT2D eigenvalue weighted by Crippen LogP contribution is -2.43. The molecule has 2 rings (SSSR count). The van der Waals surface area contributed by atoms with E-state index in [2.05, 4.69) is 17.2 Å². The van der Waals surface area contributed by atoms with Crippen LogP contribution in [0.15, 0.2) is 17.3 Å². The standard InChI is InChI=1S/C23H43N5O/c1-17(25)15-18(2)26-21(13-14-24)22(29)16-23(27-19-9-5-3-6-10-19)28-20-11-7-4-8-12-20/h17,19-21,26H,2-16,24-25H2,1H3,(H,27,28). The average molecular weight is 406 g/mol. The SMILES string of the molecule is C=C(CC(C)N)NC(CCN)C(=O)C/C(=N\C1CCCCC1)NC1CCCCC1. The molecule has 6 heteroatoms. The predicted octanol–water partition coefficient (Wildman–Crippen LogP) is 3.16. The molecule has 2 saturated carbocycles. The summed E-state index contributed by atoms with van der Waals surface area (Å²) in [5.41, 5.74) is 12.5. The van der Waals surface area contributed by atoms with Crippen molar-refractivity contribution in [3.05, 3.63) is 12.3 Å². The van der Waals surface area contributed by atoms with Gasteiger partial charge >= 0.3 is 0 Å². The molecule has 6 nitrogen and oxygen atoms in total. The van der Waals surface area contributed by atoms with Crippen LogP contribution in [-0.4, -0.2) is 42.3 Å². The lowest BCUT2D eigenvalue weighted by molar-refractivity contribution is -0.119. The summed E-state index contributed by atoms with van der Waals surface area (Å²) in [4.78, 5) is 18.2. The molecule has 0 saturated heterocycles. The second kappa shape index (κ2) is 13.0. The van der Waals surface area contributed by atoms with Gasteiger partial charge in [-0.05, 0) is 45.6 Å². The first-order chi connectivity index (χ1) is 14.0. The number of rotatable bonds is 11. The van der Waals surface area contributed by atoms with Crippen molar-refractivity contribution in [2.75, 3.05) is 6.54 Å². The minimum absolute atomic E-state index is 0.0139. The van der Waals surface area contributed by atoms with Gasteiger partial charge in [-0.15, -0.1) is 0 Å². The van der Waals surface area contributed by atoms with Crippen LogP contribution in [0.5, 0.6) is 0 Å². The van der Waals surface area contributed by atoms with Gasteiger partial charge in [-0.3, -0.25) is 9.79 Å². The summed E-state index contributed by atoms with van der Waals surface area (Å²) in [6.45, 7) is 6.43. The lowest BCUT2D eigenvalue weighted by atomic mass is 9.94. The van der Waals surface area contributed by atoms with Crippen LogP contribution in [-0.2, 0) is 4.79 Å². The number of nitrogens with zero attached hydrogens (tertiary/aromatic N) is 1. The first-order valence-corrected chi connectivity index (χ1v) is 11.7. The zero-order valence-corrected chi connectivity index (χ0v) is 18.4. The Kier molecular flexibility index (Phi) is 10.7. The summed E-state index contributed by atoms with van der Waals surface area (Å²) in [6.07, 6.45) is 13.8. The van der Waals surface area contributed by atoms with Gasteiger partial charge in [0, 0.05) is 24.2 Å². The van der Waals surface area contributed by atoms with Gasteiger partial charge in [-0.25, -0.2) is 0 Å². The topological polar surface area (TPSA) is 106 Å². The molecule has 2 fully saturated rings. The summed E-state index contributed by atoms with van der Waals surface area (Å²) in [6, 6.07) is 0.500. The Morgan fingerprint density at radius 3 is 2.31 bits per heavy atom. The number of nitrogens with two attached hydrogens (primary N) is 2. The van der Waals surface area contributed by atoms with Crippen LogP contribution in [0.2, 0.25) is 0 Å². The highest BCUT2D eigenvalue weighted by Gasteiger charge is 2.23. The first-order valence-electron chi connectivity index (χ1n) is 11.7. The molecular weight excluding hydrogens is 362 g/mol. The molecule has 0 bridgehead atoms. The molecule has 0 amide bonds. The summed E-state index contributed by atoms with van der Waals surface area (Å²) >= 11 is 0. The third-order valence-corrected chi connectivity index (χ3v) is 6.02. The van der Waals surface area contributed by atoms with Gasteiger partial charge in [0.25, 0.3) is 0 Å². The molecular formula is C23H43N5O. The minimum atomic E-state index is -0.323. The predicted molar refractivity (Wildman–Crippen MR) is 122 cm³/mol. The Morgan fingerprint density at radius 1 is 1.10 bits per heavy atom. The second-order valence-corrected chi connectivity index (χ2v) is 9.05. The number of carbonyl (C=O) groups is 1. The summed E-state index contributed by atoms with van der Waals surface area (Å²) in [5.74, 6) is 1.02. The molecule has 0 heterocycles. The largest absolute Gasteiger partial charge is 0.379 e. The highest BCUT2D eigenvalue weighted by atomic mass is 16.1. The molecule has 0 radical (unpaired) electrons. The van der Waals surface area contributed by atoms with Gasteiger partial charge in [0.1, 0.15) is 5.84 Å². The van der Waals surface area contributed by atoms with Crippen molar-refractivity contribution in [1.29, 1.82) is 0 Å². The van der Waals surface area contributed by atoms with Gasteiger partial charge in [0.15, 0.2) is 5.78 Å². The van der Waals surface area contributed by atoms with Crippen LogP contribution in [0, 0.1) is 0 Å². The van der Waals surface area contributed by atoms with Crippen molar-refractivity contribution in [2.24, 2.45) is 16.5 Å². The van der Waals surface area contributed by atoms with Gasteiger partial charge in [-0.1, -0.05) is 45.1 Å². The normalized spacial score (nSPS) is 21.4. The van der Waals surface area contributed by atoms with Gasteiger partial charge in [0.05, 0.1) is 18.5 Å². The van der Waals surface area contributed by atoms with E-state index >= 15 is 0 Å². The summed E-state index contributed by atoms with van der Waals surface area (Å²) in [5, 5.41) is 6.92. The van der Waals surface area contributed by atoms with E-state index in [1.165, 1.54) is 51.4 Å². The number of nitrogens with one attached hydrogen (secondary N) is 2. The van der Waals surface area contributed by atoms with Crippen molar-refractivity contribution in [3.8, 4) is 0 Å². The Labute approximate surface area is 177 Å². The van der Waals surface area contributed by atoms with Gasteiger partial charge in [0.2, 0.25) is 0 Å². The third-order valence-electron chi connectivity index (χ3n) is 6.02. The lowest BCUT2D eigenvalue weighted by Gasteiger charge is -2.27. The monoisotopic (exact) mass is 405 g/mol. The third kappa shape index (κ3) is 9.30. The number of Topliss-reactive ketones (excluding diaryl/α,β-unsaturated/α-hetero) is 1. The quantitative estimate of drug-likeness (QED) is 0.312. The molecule has 29 heavy (non-hydrogen) atoms. The molecule has 0 aromatic heterocycles. The van der Waals surface area contributed by atoms with E-state index in [9.17, 15) is 4.79 Å². The van der Waals surface area contributed by atoms with Crippen LogP contribution < -0.4 is 22.1 Å². The maximum atomic E-state index is 13.1. The van der Waals surface area contributed by atoms with Crippen molar-refractivity contribution < 1.29 is 4.79 Å². The van der Waals surface area contributed by atoms with E-state index in [0.717, 1.165) is 24.4 Å². The summed E-state index contributed by atoms with van der Waals surface area (Å²) < 4.78 is 0. The van der Waals surface area contributed by atoms with E-state index in [1.54, 1.807) is 0 Å². The smallest absolute Gasteiger partial charge is 0.162 e. The number of carbonyl (C=O) groups excluding carboxylic acids is 1. The highest BCUT2D eigenvalue weighted by Crippen LogP contribution is 2.22. The Morgan fingerprint density at radius 2 is 1.72 bits per heavy atom. The fraction of sp³-hybridized carbons (Fsp3) is 0.826. The van der Waals surface area contributed by atoms with Crippen molar-refractivity contribution >= 4 is 11.6 Å². The highest BCUT2D eigenvalue weighted by molar-refractivity contribution is 6.03. The van der Waals surface area contributed by atoms with E-state index < -0.39 is 0 Å². The van der Waals surface area contributed by atoms with Crippen LogP contribution >= 0.6 is 0 Å². The number of aliphatic imine (C=N–C) groups is 1. The molecule has 0 aliphatic heterocycles. The molecule has 0 spiro atoms. The van der Waals surface area contributed by atoms with Crippen LogP contribution in [0.3, 0.4) is 0 Å². The molecule has 166 valence electrons. The molecule has 2 atom stereocenters. The van der Waals surface area contributed by atoms with Crippen molar-refractivity contribution in [2.45, 2.75) is 115 Å². The molecule has 2 aliphatic carbocycles. The molecule has 0 aromatic carbocycles. The van der Waals surface area contributed by atoms with E-state index in [-0.39, 0.29) is 17.9 Å². The number of hydrogen-bond acceptors (Lipinski definition) is 5. The first kappa shape index (κ1) is 23.9. The second-order valence-electron chi connectivity index (χ2n) is 9.05. The maximum Gasteiger partial charge on any atom is 0.162 e. The molecule has 2 aliphatic rings.